The Bertz CT molecular complexity index is 585. The molecule has 106 valence electrons. The van der Waals surface area contributed by atoms with Crippen molar-refractivity contribution in [3.8, 4) is 11.5 Å². The Kier molecular flexibility index (Phi) is 4.24. The van der Waals surface area contributed by atoms with Gasteiger partial charge in [-0.25, -0.2) is 4.98 Å². The van der Waals surface area contributed by atoms with Gasteiger partial charge in [-0.15, -0.1) is 0 Å². The maximum Gasteiger partial charge on any atom is 0.251 e. The van der Waals surface area contributed by atoms with Gasteiger partial charge in [0.25, 0.3) is 5.91 Å². The van der Waals surface area contributed by atoms with E-state index in [1.54, 1.807) is 31.3 Å². The molecule has 0 aliphatic carbocycles. The van der Waals surface area contributed by atoms with E-state index >= 15 is 0 Å². The highest BCUT2D eigenvalue weighted by Gasteiger charge is 2.10. The minimum atomic E-state index is -0.252. The Hall–Kier alpha value is -2.50. The number of ether oxygens (including phenoxy) is 2. The van der Waals surface area contributed by atoms with Crippen molar-refractivity contribution in [3.05, 3.63) is 41.6 Å². The molecule has 1 amide bonds. The molecule has 1 heterocycles. The van der Waals surface area contributed by atoms with Crippen molar-refractivity contribution in [1.82, 2.24) is 10.3 Å². The van der Waals surface area contributed by atoms with Crippen LogP contribution in [-0.2, 0) is 6.54 Å². The molecule has 0 fully saturated rings. The molecule has 0 atom stereocenters. The standard InChI is InChI=1S/C14H16N2O4/c1-9-7-15-13(20-9)8-16-14(17)10-4-11(18-2)6-12(5-10)19-3/h4-7H,8H2,1-3H3,(H,16,17). The third-order valence-corrected chi connectivity index (χ3v) is 2.68. The highest BCUT2D eigenvalue weighted by atomic mass is 16.5. The fourth-order valence-electron chi connectivity index (χ4n) is 1.68. The van der Waals surface area contributed by atoms with Gasteiger partial charge in [0, 0.05) is 11.6 Å². The Balaban J connectivity index is 2.08. The first-order valence-electron chi connectivity index (χ1n) is 6.05. The van der Waals surface area contributed by atoms with E-state index in [4.69, 9.17) is 13.9 Å². The smallest absolute Gasteiger partial charge is 0.251 e. The van der Waals surface area contributed by atoms with E-state index < -0.39 is 0 Å². The predicted molar refractivity (Wildman–Crippen MR) is 72.0 cm³/mol. The fraction of sp³-hybridized carbons (Fsp3) is 0.286. The van der Waals surface area contributed by atoms with Gasteiger partial charge in [-0.05, 0) is 19.1 Å². The second-order valence-corrected chi connectivity index (χ2v) is 4.15. The number of oxazole rings is 1. The first-order valence-corrected chi connectivity index (χ1v) is 6.05. The zero-order chi connectivity index (χ0) is 14.5. The van der Waals surface area contributed by atoms with Crippen LogP contribution in [0.4, 0.5) is 0 Å². The summed E-state index contributed by atoms with van der Waals surface area (Å²) in [6.07, 6.45) is 1.61. The van der Waals surface area contributed by atoms with Crippen LogP contribution in [-0.4, -0.2) is 25.1 Å². The van der Waals surface area contributed by atoms with Crippen LogP contribution in [0.1, 0.15) is 22.0 Å². The summed E-state index contributed by atoms with van der Waals surface area (Å²) >= 11 is 0. The molecule has 1 N–H and O–H groups in total. The summed E-state index contributed by atoms with van der Waals surface area (Å²) in [5.41, 5.74) is 0.449. The van der Waals surface area contributed by atoms with Gasteiger partial charge in [-0.1, -0.05) is 0 Å². The first kappa shape index (κ1) is 13.9. The lowest BCUT2D eigenvalue weighted by atomic mass is 10.2. The van der Waals surface area contributed by atoms with E-state index in [1.807, 2.05) is 0 Å². The molecule has 0 radical (unpaired) electrons. The molecular formula is C14H16N2O4. The molecule has 0 aliphatic heterocycles. The quantitative estimate of drug-likeness (QED) is 0.903. The highest BCUT2D eigenvalue weighted by molar-refractivity contribution is 5.95. The summed E-state index contributed by atoms with van der Waals surface area (Å²) in [6, 6.07) is 4.98. The van der Waals surface area contributed by atoms with Crippen LogP contribution in [0.3, 0.4) is 0 Å². The predicted octanol–water partition coefficient (Wildman–Crippen LogP) is 1.93. The molecule has 0 saturated carbocycles. The number of amides is 1. The number of hydrogen-bond donors (Lipinski definition) is 1. The Morgan fingerprint density at radius 1 is 1.25 bits per heavy atom. The third kappa shape index (κ3) is 3.28. The molecule has 0 aliphatic rings. The third-order valence-electron chi connectivity index (χ3n) is 2.68. The van der Waals surface area contributed by atoms with Gasteiger partial charge < -0.3 is 19.2 Å². The number of aromatic nitrogens is 1. The maximum atomic E-state index is 12.1. The molecule has 2 aromatic rings. The van der Waals surface area contributed by atoms with Gasteiger partial charge >= 0.3 is 0 Å². The molecule has 0 spiro atoms. The van der Waals surface area contributed by atoms with Gasteiger partial charge in [-0.2, -0.15) is 0 Å². The molecule has 0 unspecified atom stereocenters. The molecular weight excluding hydrogens is 260 g/mol. The number of rotatable bonds is 5. The zero-order valence-electron chi connectivity index (χ0n) is 11.6. The van der Waals surface area contributed by atoms with Crippen LogP contribution >= 0.6 is 0 Å². The minimum absolute atomic E-state index is 0.228. The van der Waals surface area contributed by atoms with Crippen molar-refractivity contribution >= 4 is 5.91 Å². The van der Waals surface area contributed by atoms with Crippen LogP contribution in [0.2, 0.25) is 0 Å². The summed E-state index contributed by atoms with van der Waals surface area (Å²) in [5, 5.41) is 2.72. The maximum absolute atomic E-state index is 12.1. The van der Waals surface area contributed by atoms with Gasteiger partial charge in [0.15, 0.2) is 0 Å². The molecule has 2 rings (SSSR count). The van der Waals surface area contributed by atoms with Crippen LogP contribution in [0, 0.1) is 6.92 Å². The monoisotopic (exact) mass is 276 g/mol. The van der Waals surface area contributed by atoms with Crippen molar-refractivity contribution in [2.45, 2.75) is 13.5 Å². The summed E-state index contributed by atoms with van der Waals surface area (Å²) in [4.78, 5) is 16.1. The van der Waals surface area contributed by atoms with Crippen molar-refractivity contribution in [2.24, 2.45) is 0 Å². The molecule has 1 aromatic carbocycles. The number of carbonyl (C=O) groups is 1. The Morgan fingerprint density at radius 3 is 2.40 bits per heavy atom. The van der Waals surface area contributed by atoms with E-state index in [0.717, 1.165) is 0 Å². The number of carbonyl (C=O) groups excluding carboxylic acids is 1. The largest absolute Gasteiger partial charge is 0.497 e. The van der Waals surface area contributed by atoms with Crippen LogP contribution in [0.5, 0.6) is 11.5 Å². The number of nitrogens with zero attached hydrogens (tertiary/aromatic N) is 1. The number of aryl methyl sites for hydroxylation is 1. The molecule has 6 heteroatoms. The molecule has 20 heavy (non-hydrogen) atoms. The van der Waals surface area contributed by atoms with Crippen molar-refractivity contribution in [1.29, 1.82) is 0 Å². The SMILES string of the molecule is COc1cc(OC)cc(C(=O)NCc2ncc(C)o2)c1. The van der Waals surface area contributed by atoms with E-state index in [0.29, 0.717) is 28.7 Å². The lowest BCUT2D eigenvalue weighted by Crippen LogP contribution is -2.23. The van der Waals surface area contributed by atoms with E-state index in [1.165, 1.54) is 14.2 Å². The number of methoxy groups -OCH3 is 2. The number of hydrogen-bond acceptors (Lipinski definition) is 5. The second kappa shape index (κ2) is 6.10. The fourth-order valence-corrected chi connectivity index (χ4v) is 1.68. The van der Waals surface area contributed by atoms with E-state index in [9.17, 15) is 4.79 Å². The Labute approximate surface area is 116 Å². The lowest BCUT2D eigenvalue weighted by molar-refractivity contribution is 0.0946. The lowest BCUT2D eigenvalue weighted by Gasteiger charge is -2.08. The van der Waals surface area contributed by atoms with Crippen molar-refractivity contribution in [2.75, 3.05) is 14.2 Å². The average Bonchev–Trinajstić information content (AvgIpc) is 2.89. The van der Waals surface area contributed by atoms with E-state index in [-0.39, 0.29) is 12.5 Å². The van der Waals surface area contributed by atoms with Gasteiger partial charge in [0.2, 0.25) is 5.89 Å². The van der Waals surface area contributed by atoms with Gasteiger partial charge in [0.1, 0.15) is 17.3 Å². The second-order valence-electron chi connectivity index (χ2n) is 4.15. The minimum Gasteiger partial charge on any atom is -0.497 e. The van der Waals surface area contributed by atoms with Crippen molar-refractivity contribution < 1.29 is 18.7 Å². The van der Waals surface area contributed by atoms with Crippen LogP contribution in [0.25, 0.3) is 0 Å². The molecule has 0 bridgehead atoms. The van der Waals surface area contributed by atoms with Crippen LogP contribution < -0.4 is 14.8 Å². The summed E-state index contributed by atoms with van der Waals surface area (Å²) in [7, 11) is 3.07. The zero-order valence-corrected chi connectivity index (χ0v) is 11.6. The summed E-state index contributed by atoms with van der Waals surface area (Å²) < 4.78 is 15.5. The first-order chi connectivity index (χ1) is 9.62. The summed E-state index contributed by atoms with van der Waals surface area (Å²) in [6.45, 7) is 2.03. The van der Waals surface area contributed by atoms with Gasteiger partial charge in [0.05, 0.1) is 27.0 Å². The Morgan fingerprint density at radius 2 is 1.90 bits per heavy atom. The number of benzene rings is 1. The molecule has 1 aromatic heterocycles. The molecule has 0 saturated heterocycles. The van der Waals surface area contributed by atoms with Crippen LogP contribution in [0.15, 0.2) is 28.8 Å². The van der Waals surface area contributed by atoms with Gasteiger partial charge in [-0.3, -0.25) is 4.79 Å². The highest BCUT2D eigenvalue weighted by Crippen LogP contribution is 2.22. The average molecular weight is 276 g/mol. The summed E-state index contributed by atoms with van der Waals surface area (Å²) in [5.74, 6) is 2.03. The molecule has 6 nitrogen and oxygen atoms in total. The topological polar surface area (TPSA) is 73.6 Å². The number of nitrogens with one attached hydrogen (secondary N) is 1. The van der Waals surface area contributed by atoms with Crippen molar-refractivity contribution in [3.63, 3.8) is 0 Å². The van der Waals surface area contributed by atoms with E-state index in [2.05, 4.69) is 10.3 Å². The normalized spacial score (nSPS) is 10.2.